The molecule has 0 amide bonds. The highest BCUT2D eigenvalue weighted by atomic mass is 35.5. The van der Waals surface area contributed by atoms with Crippen LogP contribution in [0.3, 0.4) is 0 Å². The molecule has 0 fully saturated rings. The first-order valence-corrected chi connectivity index (χ1v) is 6.78. The lowest BCUT2D eigenvalue weighted by Gasteiger charge is -2.13. The summed E-state index contributed by atoms with van der Waals surface area (Å²) in [4.78, 5) is 0. The Morgan fingerprint density at radius 1 is 1.22 bits per heavy atom. The van der Waals surface area contributed by atoms with E-state index >= 15 is 0 Å². The SMILES string of the molecule is CCc1ccc2c(c1)CC(c1ccccc1Cl)N2. The first-order chi connectivity index (χ1) is 8.78. The van der Waals surface area contributed by atoms with Gasteiger partial charge in [0.25, 0.3) is 0 Å². The summed E-state index contributed by atoms with van der Waals surface area (Å²) in [7, 11) is 0. The minimum absolute atomic E-state index is 0.306. The number of nitrogens with one attached hydrogen (secondary N) is 1. The Balaban J connectivity index is 1.91. The van der Waals surface area contributed by atoms with E-state index in [1.807, 2.05) is 18.2 Å². The van der Waals surface area contributed by atoms with Crippen molar-refractivity contribution in [3.05, 3.63) is 64.2 Å². The lowest BCUT2D eigenvalue weighted by atomic mass is 10.0. The van der Waals surface area contributed by atoms with Gasteiger partial charge in [-0.25, -0.2) is 0 Å². The van der Waals surface area contributed by atoms with E-state index in [1.54, 1.807) is 0 Å². The van der Waals surface area contributed by atoms with Crippen molar-refractivity contribution in [1.82, 2.24) is 0 Å². The van der Waals surface area contributed by atoms with Crippen LogP contribution in [-0.2, 0) is 12.8 Å². The number of benzene rings is 2. The Labute approximate surface area is 113 Å². The molecule has 0 saturated heterocycles. The zero-order valence-corrected chi connectivity index (χ0v) is 11.2. The van der Waals surface area contributed by atoms with Crippen molar-refractivity contribution < 1.29 is 0 Å². The molecule has 0 aliphatic carbocycles. The van der Waals surface area contributed by atoms with Gasteiger partial charge in [-0.05, 0) is 41.7 Å². The van der Waals surface area contributed by atoms with Gasteiger partial charge in [-0.1, -0.05) is 48.9 Å². The van der Waals surface area contributed by atoms with E-state index in [2.05, 4.69) is 36.5 Å². The number of fused-ring (bicyclic) bond motifs is 1. The molecule has 1 aliphatic rings. The van der Waals surface area contributed by atoms with Crippen molar-refractivity contribution in [2.24, 2.45) is 0 Å². The Kier molecular flexibility index (Phi) is 3.00. The highest BCUT2D eigenvalue weighted by molar-refractivity contribution is 6.31. The molecule has 1 atom stereocenters. The number of hydrogen-bond acceptors (Lipinski definition) is 1. The largest absolute Gasteiger partial charge is 0.378 e. The number of hydrogen-bond donors (Lipinski definition) is 1. The van der Waals surface area contributed by atoms with Crippen LogP contribution in [-0.4, -0.2) is 0 Å². The molecule has 0 radical (unpaired) electrons. The molecule has 1 nitrogen and oxygen atoms in total. The zero-order chi connectivity index (χ0) is 12.5. The average Bonchev–Trinajstić information content (AvgIpc) is 2.81. The minimum Gasteiger partial charge on any atom is -0.378 e. The van der Waals surface area contributed by atoms with Crippen LogP contribution in [0.5, 0.6) is 0 Å². The summed E-state index contributed by atoms with van der Waals surface area (Å²) in [5.74, 6) is 0. The molecule has 2 aromatic rings. The molecule has 0 bridgehead atoms. The van der Waals surface area contributed by atoms with Crippen LogP contribution in [0.15, 0.2) is 42.5 Å². The smallest absolute Gasteiger partial charge is 0.0569 e. The molecule has 3 rings (SSSR count). The third-order valence-electron chi connectivity index (χ3n) is 3.61. The molecule has 18 heavy (non-hydrogen) atoms. The molecule has 92 valence electrons. The zero-order valence-electron chi connectivity index (χ0n) is 10.4. The summed E-state index contributed by atoms with van der Waals surface area (Å²) < 4.78 is 0. The van der Waals surface area contributed by atoms with E-state index in [0.717, 1.165) is 17.9 Å². The van der Waals surface area contributed by atoms with Crippen LogP contribution in [0.2, 0.25) is 5.02 Å². The fourth-order valence-electron chi connectivity index (χ4n) is 2.58. The van der Waals surface area contributed by atoms with Gasteiger partial charge in [-0.2, -0.15) is 0 Å². The summed E-state index contributed by atoms with van der Waals surface area (Å²) in [5, 5.41) is 4.40. The van der Waals surface area contributed by atoms with Crippen molar-refractivity contribution in [2.75, 3.05) is 5.32 Å². The van der Waals surface area contributed by atoms with Crippen LogP contribution < -0.4 is 5.32 Å². The van der Waals surface area contributed by atoms with E-state index < -0.39 is 0 Å². The molecular weight excluding hydrogens is 242 g/mol. The first kappa shape index (κ1) is 11.6. The molecule has 2 aromatic carbocycles. The normalized spacial score (nSPS) is 17.3. The van der Waals surface area contributed by atoms with E-state index in [1.165, 1.54) is 22.4 Å². The summed E-state index contributed by atoms with van der Waals surface area (Å²) in [6, 6.07) is 15.1. The predicted octanol–water partition coefficient (Wildman–Crippen LogP) is 4.61. The van der Waals surface area contributed by atoms with Gasteiger partial charge in [0, 0.05) is 10.7 Å². The number of anilines is 1. The monoisotopic (exact) mass is 257 g/mol. The Hall–Kier alpha value is -1.47. The topological polar surface area (TPSA) is 12.0 Å². The molecule has 1 heterocycles. The molecule has 0 spiro atoms. The van der Waals surface area contributed by atoms with Gasteiger partial charge >= 0.3 is 0 Å². The lowest BCUT2D eigenvalue weighted by molar-refractivity contribution is 0.824. The third-order valence-corrected chi connectivity index (χ3v) is 3.96. The predicted molar refractivity (Wildman–Crippen MR) is 77.3 cm³/mol. The van der Waals surface area contributed by atoms with Crippen LogP contribution in [0.25, 0.3) is 0 Å². The van der Waals surface area contributed by atoms with E-state index in [4.69, 9.17) is 11.6 Å². The average molecular weight is 258 g/mol. The first-order valence-electron chi connectivity index (χ1n) is 6.40. The van der Waals surface area contributed by atoms with Crippen molar-refractivity contribution >= 4 is 17.3 Å². The van der Waals surface area contributed by atoms with E-state index in [0.29, 0.717) is 6.04 Å². The summed E-state index contributed by atoms with van der Waals surface area (Å²) in [5.41, 5.74) is 5.24. The molecule has 1 aliphatic heterocycles. The Bertz CT molecular complexity index is 577. The quantitative estimate of drug-likeness (QED) is 0.828. The number of aryl methyl sites for hydroxylation is 1. The highest BCUT2D eigenvalue weighted by Crippen LogP contribution is 2.37. The maximum absolute atomic E-state index is 6.27. The maximum atomic E-state index is 6.27. The van der Waals surface area contributed by atoms with E-state index in [9.17, 15) is 0 Å². The van der Waals surface area contributed by atoms with Gasteiger partial charge in [0.1, 0.15) is 0 Å². The molecule has 1 unspecified atom stereocenters. The highest BCUT2D eigenvalue weighted by Gasteiger charge is 2.23. The van der Waals surface area contributed by atoms with Gasteiger partial charge in [-0.3, -0.25) is 0 Å². The van der Waals surface area contributed by atoms with Crippen LogP contribution in [0.1, 0.15) is 29.7 Å². The van der Waals surface area contributed by atoms with Crippen LogP contribution >= 0.6 is 11.6 Å². The van der Waals surface area contributed by atoms with Gasteiger partial charge in [0.05, 0.1) is 6.04 Å². The standard InChI is InChI=1S/C16H16ClN/c1-2-11-7-8-15-12(9-11)10-16(18-15)13-5-3-4-6-14(13)17/h3-9,16,18H,2,10H2,1H3. The second kappa shape index (κ2) is 4.66. The maximum Gasteiger partial charge on any atom is 0.0569 e. The van der Waals surface area contributed by atoms with Crippen molar-refractivity contribution in [1.29, 1.82) is 0 Å². The summed E-state index contributed by atoms with van der Waals surface area (Å²) >= 11 is 6.27. The van der Waals surface area contributed by atoms with Crippen molar-refractivity contribution in [3.63, 3.8) is 0 Å². The minimum atomic E-state index is 0.306. The lowest BCUT2D eigenvalue weighted by Crippen LogP contribution is -2.05. The van der Waals surface area contributed by atoms with Crippen LogP contribution in [0, 0.1) is 0 Å². The molecule has 1 N–H and O–H groups in total. The van der Waals surface area contributed by atoms with Gasteiger partial charge in [0.2, 0.25) is 0 Å². The Morgan fingerprint density at radius 3 is 2.83 bits per heavy atom. The Morgan fingerprint density at radius 2 is 2.06 bits per heavy atom. The number of halogens is 1. The fourth-order valence-corrected chi connectivity index (χ4v) is 2.85. The van der Waals surface area contributed by atoms with E-state index in [-0.39, 0.29) is 0 Å². The molecule has 0 aromatic heterocycles. The second-order valence-electron chi connectivity index (χ2n) is 4.77. The third kappa shape index (κ3) is 1.99. The molecular formula is C16H16ClN. The number of rotatable bonds is 2. The van der Waals surface area contributed by atoms with Gasteiger partial charge in [-0.15, -0.1) is 0 Å². The molecule has 0 saturated carbocycles. The van der Waals surface area contributed by atoms with Crippen LogP contribution in [0.4, 0.5) is 5.69 Å². The van der Waals surface area contributed by atoms with Gasteiger partial charge in [0.15, 0.2) is 0 Å². The second-order valence-corrected chi connectivity index (χ2v) is 5.17. The van der Waals surface area contributed by atoms with Crippen molar-refractivity contribution in [2.45, 2.75) is 25.8 Å². The van der Waals surface area contributed by atoms with Crippen molar-refractivity contribution in [3.8, 4) is 0 Å². The summed E-state index contributed by atoms with van der Waals surface area (Å²) in [6.07, 6.45) is 2.11. The van der Waals surface area contributed by atoms with Gasteiger partial charge < -0.3 is 5.32 Å². The summed E-state index contributed by atoms with van der Waals surface area (Å²) in [6.45, 7) is 2.19. The fraction of sp³-hybridized carbons (Fsp3) is 0.250. The molecule has 2 heteroatoms.